The molecule has 2 fully saturated rings. The van der Waals surface area contributed by atoms with Crippen LogP contribution in [-0.2, 0) is 14.8 Å². The van der Waals surface area contributed by atoms with E-state index in [1.54, 1.807) is 16.4 Å². The van der Waals surface area contributed by atoms with Gasteiger partial charge in [-0.25, -0.2) is 8.42 Å². The molecule has 3 rings (SSSR count). The number of ether oxygens (including phenoxy) is 1. The summed E-state index contributed by atoms with van der Waals surface area (Å²) in [6.45, 7) is 1.91. The van der Waals surface area contributed by atoms with E-state index in [4.69, 9.17) is 10.5 Å². The quantitative estimate of drug-likeness (QED) is 0.801. The maximum absolute atomic E-state index is 13.0. The van der Waals surface area contributed by atoms with Gasteiger partial charge in [-0.1, -0.05) is 0 Å². The van der Waals surface area contributed by atoms with Crippen LogP contribution >= 0.6 is 15.9 Å². The van der Waals surface area contributed by atoms with Gasteiger partial charge in [-0.3, -0.25) is 0 Å². The van der Waals surface area contributed by atoms with E-state index in [2.05, 4.69) is 15.9 Å². The van der Waals surface area contributed by atoms with Gasteiger partial charge < -0.3 is 10.5 Å². The molecule has 1 atom stereocenters. The third-order valence-electron chi connectivity index (χ3n) is 3.96. The number of halogens is 1. The molecule has 1 aromatic carbocycles. The zero-order valence-electron chi connectivity index (χ0n) is 11.7. The second-order valence-corrected chi connectivity index (χ2v) is 8.44. The van der Waals surface area contributed by atoms with Crippen LogP contribution in [-0.4, -0.2) is 38.5 Å². The lowest BCUT2D eigenvalue weighted by molar-refractivity contribution is 0.180. The predicted octanol–water partition coefficient (Wildman–Crippen LogP) is 2.22. The van der Waals surface area contributed by atoms with E-state index in [1.807, 2.05) is 0 Å². The lowest BCUT2D eigenvalue weighted by atomic mass is 10.1. The van der Waals surface area contributed by atoms with E-state index in [-0.39, 0.29) is 10.9 Å². The summed E-state index contributed by atoms with van der Waals surface area (Å²) in [5.74, 6) is 0.292. The van der Waals surface area contributed by atoms with Gasteiger partial charge in [0.2, 0.25) is 10.0 Å². The molecule has 21 heavy (non-hydrogen) atoms. The molecule has 1 aromatic rings. The topological polar surface area (TPSA) is 72.6 Å². The van der Waals surface area contributed by atoms with Crippen molar-refractivity contribution < 1.29 is 13.2 Å². The highest BCUT2D eigenvalue weighted by atomic mass is 79.9. The number of benzene rings is 1. The Kier molecular flexibility index (Phi) is 4.27. The van der Waals surface area contributed by atoms with E-state index in [0.29, 0.717) is 29.2 Å². The van der Waals surface area contributed by atoms with Gasteiger partial charge >= 0.3 is 0 Å². The third-order valence-corrected chi connectivity index (χ3v) is 6.87. The van der Waals surface area contributed by atoms with Crippen molar-refractivity contribution in [1.29, 1.82) is 0 Å². The van der Waals surface area contributed by atoms with Crippen molar-refractivity contribution in [3.05, 3.63) is 22.7 Å². The highest BCUT2D eigenvalue weighted by Gasteiger charge is 2.40. The number of nitrogen functional groups attached to an aromatic ring is 1. The van der Waals surface area contributed by atoms with Gasteiger partial charge in [0, 0.05) is 29.4 Å². The molecule has 0 aromatic heterocycles. The van der Waals surface area contributed by atoms with Crippen LogP contribution in [0.4, 0.5) is 5.69 Å². The fourth-order valence-electron chi connectivity index (χ4n) is 2.63. The summed E-state index contributed by atoms with van der Waals surface area (Å²) in [5, 5.41) is 0. The molecule has 1 saturated carbocycles. The van der Waals surface area contributed by atoms with E-state index >= 15 is 0 Å². The smallest absolute Gasteiger partial charge is 0.244 e. The Hall–Kier alpha value is -0.630. The standard InChI is InChI=1S/C14H19BrN2O3S/c15-13-4-1-11(16)7-14(13)21(18,19)17(12-2-3-12)8-10-5-6-20-9-10/h1,4,7,10,12H,2-3,5-6,8-9,16H2. The first-order valence-corrected chi connectivity index (χ1v) is 9.36. The molecule has 1 unspecified atom stereocenters. The van der Waals surface area contributed by atoms with E-state index < -0.39 is 10.0 Å². The summed E-state index contributed by atoms with van der Waals surface area (Å²) in [4.78, 5) is 0.258. The molecule has 1 aliphatic carbocycles. The molecule has 5 nitrogen and oxygen atoms in total. The predicted molar refractivity (Wildman–Crippen MR) is 84.4 cm³/mol. The lowest BCUT2D eigenvalue weighted by Gasteiger charge is -2.25. The Balaban J connectivity index is 1.91. The Morgan fingerprint density at radius 2 is 2.10 bits per heavy atom. The largest absolute Gasteiger partial charge is 0.399 e. The van der Waals surface area contributed by atoms with Crippen molar-refractivity contribution in [3.63, 3.8) is 0 Å². The molecule has 0 radical (unpaired) electrons. The zero-order chi connectivity index (χ0) is 15.0. The molecule has 7 heteroatoms. The number of hydrogen-bond acceptors (Lipinski definition) is 4. The van der Waals surface area contributed by atoms with Crippen molar-refractivity contribution in [3.8, 4) is 0 Å². The van der Waals surface area contributed by atoms with Crippen LogP contribution in [0.15, 0.2) is 27.6 Å². The zero-order valence-corrected chi connectivity index (χ0v) is 14.1. The molecule has 116 valence electrons. The molecule has 1 saturated heterocycles. The normalized spacial score (nSPS) is 22.9. The number of anilines is 1. The molecule has 0 spiro atoms. The molecule has 0 amide bonds. The summed E-state index contributed by atoms with van der Waals surface area (Å²) in [6.07, 6.45) is 2.80. The highest BCUT2D eigenvalue weighted by Crippen LogP contribution is 2.36. The molecule has 1 aliphatic heterocycles. The average molecular weight is 375 g/mol. The Labute approximate surface area is 133 Å². The van der Waals surface area contributed by atoms with Crippen molar-refractivity contribution in [1.82, 2.24) is 4.31 Å². The van der Waals surface area contributed by atoms with Crippen molar-refractivity contribution >= 4 is 31.6 Å². The van der Waals surface area contributed by atoms with E-state index in [0.717, 1.165) is 25.9 Å². The van der Waals surface area contributed by atoms with Gasteiger partial charge in [0.1, 0.15) is 0 Å². The maximum atomic E-state index is 13.0. The monoisotopic (exact) mass is 374 g/mol. The number of nitrogens with zero attached hydrogens (tertiary/aromatic N) is 1. The lowest BCUT2D eigenvalue weighted by Crippen LogP contribution is -2.37. The van der Waals surface area contributed by atoms with Crippen LogP contribution in [0.1, 0.15) is 19.3 Å². The Morgan fingerprint density at radius 1 is 1.33 bits per heavy atom. The first-order chi connectivity index (χ1) is 9.98. The summed E-state index contributed by atoms with van der Waals surface area (Å²) >= 11 is 3.33. The maximum Gasteiger partial charge on any atom is 0.244 e. The SMILES string of the molecule is Nc1ccc(Br)c(S(=O)(=O)N(CC2CCOC2)C2CC2)c1. The molecule has 0 bridgehead atoms. The average Bonchev–Trinajstić information content (AvgIpc) is 3.14. The number of sulfonamides is 1. The summed E-state index contributed by atoms with van der Waals surface area (Å²) in [7, 11) is -3.53. The summed E-state index contributed by atoms with van der Waals surface area (Å²) in [5.41, 5.74) is 6.21. The molecular formula is C14H19BrN2O3S. The second kappa shape index (κ2) is 5.87. The van der Waals surface area contributed by atoms with E-state index in [1.165, 1.54) is 6.07 Å². The van der Waals surface area contributed by atoms with Gasteiger partial charge in [-0.05, 0) is 59.3 Å². The fourth-order valence-corrected chi connectivity index (χ4v) is 5.35. The van der Waals surface area contributed by atoms with Gasteiger partial charge in [0.25, 0.3) is 0 Å². The molecular weight excluding hydrogens is 356 g/mol. The first kappa shape index (κ1) is 15.3. The van der Waals surface area contributed by atoms with Crippen LogP contribution in [0, 0.1) is 5.92 Å². The van der Waals surface area contributed by atoms with Gasteiger partial charge in [-0.15, -0.1) is 0 Å². The highest BCUT2D eigenvalue weighted by molar-refractivity contribution is 9.10. The Bertz CT molecular complexity index is 625. The van der Waals surface area contributed by atoms with Crippen LogP contribution in [0.5, 0.6) is 0 Å². The fraction of sp³-hybridized carbons (Fsp3) is 0.571. The third kappa shape index (κ3) is 3.26. The molecule has 1 heterocycles. The van der Waals surface area contributed by atoms with Gasteiger partial charge in [0.05, 0.1) is 11.5 Å². The minimum absolute atomic E-state index is 0.129. The van der Waals surface area contributed by atoms with Crippen LogP contribution in [0.2, 0.25) is 0 Å². The summed E-state index contributed by atoms with van der Waals surface area (Å²) < 4.78 is 33.5. The summed E-state index contributed by atoms with van der Waals surface area (Å²) in [6, 6.07) is 5.03. The minimum Gasteiger partial charge on any atom is -0.399 e. The van der Waals surface area contributed by atoms with Gasteiger partial charge in [-0.2, -0.15) is 4.31 Å². The van der Waals surface area contributed by atoms with Crippen LogP contribution in [0.3, 0.4) is 0 Å². The van der Waals surface area contributed by atoms with Crippen LogP contribution < -0.4 is 5.73 Å². The van der Waals surface area contributed by atoms with E-state index in [9.17, 15) is 8.42 Å². The molecule has 2 N–H and O–H groups in total. The van der Waals surface area contributed by atoms with Crippen molar-refractivity contribution in [2.75, 3.05) is 25.5 Å². The van der Waals surface area contributed by atoms with Crippen molar-refractivity contribution in [2.45, 2.75) is 30.2 Å². The second-order valence-electron chi connectivity index (χ2n) is 5.73. The van der Waals surface area contributed by atoms with Crippen LogP contribution in [0.25, 0.3) is 0 Å². The number of hydrogen-bond donors (Lipinski definition) is 1. The number of nitrogens with two attached hydrogens (primary N) is 1. The van der Waals surface area contributed by atoms with Crippen molar-refractivity contribution in [2.24, 2.45) is 5.92 Å². The van der Waals surface area contributed by atoms with Gasteiger partial charge in [0.15, 0.2) is 0 Å². The Morgan fingerprint density at radius 3 is 2.71 bits per heavy atom. The number of rotatable bonds is 5. The first-order valence-electron chi connectivity index (χ1n) is 7.13. The molecule has 2 aliphatic rings. The minimum atomic E-state index is -3.53.